The molecule has 0 N–H and O–H groups in total. The standard InChI is InChI=1S/C46H31NO/c1-2-11-32(12-3-1)33-21-23-34(24-22-33)35-25-28-38(29-26-35)47(44-19-10-14-36-13-4-5-15-39(36)44)43-18-8-6-16-40(43)37-27-30-42-41-17-7-9-20-45(41)48-46(42)31-37/h1-31H. The molecule has 48 heavy (non-hydrogen) atoms. The predicted octanol–water partition coefficient (Wildman–Crippen LogP) is 13.2. The second kappa shape index (κ2) is 11.8. The average Bonchev–Trinajstić information content (AvgIpc) is 3.54. The van der Waals surface area contributed by atoms with E-state index in [4.69, 9.17) is 4.42 Å². The Morgan fingerprint density at radius 1 is 0.333 bits per heavy atom. The van der Waals surface area contributed by atoms with Crippen molar-refractivity contribution in [2.45, 2.75) is 0 Å². The van der Waals surface area contributed by atoms with Gasteiger partial charge < -0.3 is 9.32 Å². The molecule has 226 valence electrons. The van der Waals surface area contributed by atoms with E-state index < -0.39 is 0 Å². The Labute approximate surface area is 279 Å². The van der Waals surface area contributed by atoms with Gasteiger partial charge in [-0.1, -0.05) is 146 Å². The van der Waals surface area contributed by atoms with Crippen molar-refractivity contribution in [3.63, 3.8) is 0 Å². The zero-order chi connectivity index (χ0) is 31.9. The van der Waals surface area contributed by atoms with Gasteiger partial charge in [-0.2, -0.15) is 0 Å². The third kappa shape index (κ3) is 4.92. The zero-order valence-corrected chi connectivity index (χ0v) is 26.3. The van der Waals surface area contributed by atoms with Crippen molar-refractivity contribution in [2.75, 3.05) is 4.90 Å². The summed E-state index contributed by atoms with van der Waals surface area (Å²) in [6.07, 6.45) is 0. The highest BCUT2D eigenvalue weighted by Crippen LogP contribution is 2.44. The fraction of sp³-hybridized carbons (Fsp3) is 0. The minimum absolute atomic E-state index is 0.892. The van der Waals surface area contributed by atoms with Crippen LogP contribution in [0, 0.1) is 0 Å². The minimum atomic E-state index is 0.892. The van der Waals surface area contributed by atoms with Crippen LogP contribution in [0.25, 0.3) is 66.1 Å². The summed E-state index contributed by atoms with van der Waals surface area (Å²) in [6.45, 7) is 0. The third-order valence-electron chi connectivity index (χ3n) is 9.29. The van der Waals surface area contributed by atoms with E-state index in [2.05, 4.69) is 181 Å². The van der Waals surface area contributed by atoms with E-state index in [9.17, 15) is 0 Å². The lowest BCUT2D eigenvalue weighted by molar-refractivity contribution is 0.669. The summed E-state index contributed by atoms with van der Waals surface area (Å²) >= 11 is 0. The van der Waals surface area contributed by atoms with Gasteiger partial charge in [-0.15, -0.1) is 0 Å². The number of fused-ring (bicyclic) bond motifs is 4. The SMILES string of the molecule is c1ccc(-c2ccc(-c3ccc(N(c4ccccc4-c4ccc5c(c4)oc4ccccc45)c4cccc5ccccc45)cc3)cc2)cc1. The van der Waals surface area contributed by atoms with Crippen molar-refractivity contribution in [1.29, 1.82) is 0 Å². The van der Waals surface area contributed by atoms with Crippen LogP contribution in [0.15, 0.2) is 192 Å². The summed E-state index contributed by atoms with van der Waals surface area (Å²) in [6, 6.07) is 66.9. The molecule has 1 heterocycles. The number of para-hydroxylation sites is 2. The van der Waals surface area contributed by atoms with Crippen LogP contribution in [-0.4, -0.2) is 0 Å². The van der Waals surface area contributed by atoms with E-state index in [0.29, 0.717) is 0 Å². The average molecular weight is 614 g/mol. The molecule has 1 aromatic heterocycles. The van der Waals surface area contributed by atoms with E-state index in [1.807, 2.05) is 12.1 Å². The van der Waals surface area contributed by atoms with Crippen LogP contribution in [0.2, 0.25) is 0 Å². The van der Waals surface area contributed by atoms with Crippen LogP contribution in [0.3, 0.4) is 0 Å². The summed E-state index contributed by atoms with van der Waals surface area (Å²) in [5, 5.41) is 4.67. The summed E-state index contributed by atoms with van der Waals surface area (Å²) in [5.74, 6) is 0. The molecule has 0 aliphatic rings. The van der Waals surface area contributed by atoms with Crippen molar-refractivity contribution in [2.24, 2.45) is 0 Å². The minimum Gasteiger partial charge on any atom is -0.456 e. The van der Waals surface area contributed by atoms with Gasteiger partial charge in [-0.3, -0.25) is 0 Å². The first kappa shape index (κ1) is 27.9. The van der Waals surface area contributed by atoms with Gasteiger partial charge in [-0.05, 0) is 75.7 Å². The smallest absolute Gasteiger partial charge is 0.136 e. The highest BCUT2D eigenvalue weighted by molar-refractivity contribution is 6.07. The fourth-order valence-corrected chi connectivity index (χ4v) is 6.91. The van der Waals surface area contributed by atoms with Crippen molar-refractivity contribution in [3.8, 4) is 33.4 Å². The predicted molar refractivity (Wildman–Crippen MR) is 202 cm³/mol. The molecule has 2 heteroatoms. The number of nitrogens with zero attached hydrogens (tertiary/aromatic N) is 1. The van der Waals surface area contributed by atoms with Crippen LogP contribution in [0.5, 0.6) is 0 Å². The van der Waals surface area contributed by atoms with Gasteiger partial charge in [0.2, 0.25) is 0 Å². The van der Waals surface area contributed by atoms with Crippen LogP contribution in [-0.2, 0) is 0 Å². The monoisotopic (exact) mass is 613 g/mol. The number of hydrogen-bond donors (Lipinski definition) is 0. The second-order valence-corrected chi connectivity index (χ2v) is 12.2. The normalized spacial score (nSPS) is 11.3. The molecule has 0 spiro atoms. The van der Waals surface area contributed by atoms with Crippen LogP contribution >= 0.6 is 0 Å². The molecule has 0 amide bonds. The van der Waals surface area contributed by atoms with Gasteiger partial charge in [0.05, 0.1) is 11.4 Å². The first-order valence-electron chi connectivity index (χ1n) is 16.3. The van der Waals surface area contributed by atoms with Gasteiger partial charge in [0.1, 0.15) is 11.2 Å². The lowest BCUT2D eigenvalue weighted by atomic mass is 9.98. The van der Waals surface area contributed by atoms with Gasteiger partial charge in [0, 0.05) is 27.4 Å². The maximum atomic E-state index is 6.32. The van der Waals surface area contributed by atoms with Gasteiger partial charge in [0.25, 0.3) is 0 Å². The molecule has 0 saturated carbocycles. The molecule has 0 fully saturated rings. The molecule has 9 rings (SSSR count). The number of rotatable bonds is 6. The summed E-state index contributed by atoms with van der Waals surface area (Å²) in [4.78, 5) is 2.39. The Balaban J connectivity index is 1.17. The van der Waals surface area contributed by atoms with E-state index in [1.165, 1.54) is 33.0 Å². The molecule has 8 aromatic carbocycles. The molecule has 0 radical (unpaired) electrons. The maximum Gasteiger partial charge on any atom is 0.136 e. The topological polar surface area (TPSA) is 16.4 Å². The lowest BCUT2D eigenvalue weighted by Gasteiger charge is -2.29. The molecule has 2 nitrogen and oxygen atoms in total. The quantitative estimate of drug-likeness (QED) is 0.185. The van der Waals surface area contributed by atoms with E-state index >= 15 is 0 Å². The molecule has 0 bridgehead atoms. The third-order valence-corrected chi connectivity index (χ3v) is 9.29. The summed E-state index contributed by atoms with van der Waals surface area (Å²) in [5.41, 5.74) is 12.2. The number of anilines is 3. The Bertz CT molecular complexity index is 2540. The van der Waals surface area contributed by atoms with Crippen LogP contribution < -0.4 is 4.90 Å². The highest BCUT2D eigenvalue weighted by atomic mass is 16.3. The van der Waals surface area contributed by atoms with Crippen molar-refractivity contribution < 1.29 is 4.42 Å². The molecule has 0 aliphatic heterocycles. The largest absolute Gasteiger partial charge is 0.456 e. The molecule has 0 aliphatic carbocycles. The Hall–Kier alpha value is -6.38. The Morgan fingerprint density at radius 3 is 1.67 bits per heavy atom. The second-order valence-electron chi connectivity index (χ2n) is 12.2. The van der Waals surface area contributed by atoms with Crippen molar-refractivity contribution >= 4 is 49.8 Å². The van der Waals surface area contributed by atoms with Gasteiger partial charge in [0.15, 0.2) is 0 Å². The molecular formula is C46H31NO. The number of hydrogen-bond acceptors (Lipinski definition) is 2. The van der Waals surface area contributed by atoms with E-state index in [-0.39, 0.29) is 0 Å². The maximum absolute atomic E-state index is 6.32. The summed E-state index contributed by atoms with van der Waals surface area (Å²) in [7, 11) is 0. The van der Waals surface area contributed by atoms with Gasteiger partial charge in [-0.25, -0.2) is 0 Å². The molecule has 0 atom stereocenters. The van der Waals surface area contributed by atoms with Crippen LogP contribution in [0.4, 0.5) is 17.1 Å². The van der Waals surface area contributed by atoms with Crippen molar-refractivity contribution in [3.05, 3.63) is 188 Å². The fourth-order valence-electron chi connectivity index (χ4n) is 6.91. The Kier molecular flexibility index (Phi) is 6.84. The molecular weight excluding hydrogens is 583 g/mol. The highest BCUT2D eigenvalue weighted by Gasteiger charge is 2.20. The van der Waals surface area contributed by atoms with Crippen molar-refractivity contribution in [1.82, 2.24) is 0 Å². The van der Waals surface area contributed by atoms with Gasteiger partial charge >= 0.3 is 0 Å². The zero-order valence-electron chi connectivity index (χ0n) is 26.3. The first-order valence-corrected chi connectivity index (χ1v) is 16.3. The number of benzene rings is 8. The van der Waals surface area contributed by atoms with E-state index in [1.54, 1.807) is 0 Å². The molecule has 9 aromatic rings. The molecule has 0 saturated heterocycles. The van der Waals surface area contributed by atoms with Crippen LogP contribution in [0.1, 0.15) is 0 Å². The van der Waals surface area contributed by atoms with E-state index in [0.717, 1.165) is 50.1 Å². The first-order chi connectivity index (χ1) is 23.8. The number of furan rings is 1. The molecule has 0 unspecified atom stereocenters. The lowest BCUT2D eigenvalue weighted by Crippen LogP contribution is -2.11. The summed E-state index contributed by atoms with van der Waals surface area (Å²) < 4.78 is 6.32. The Morgan fingerprint density at radius 2 is 0.875 bits per heavy atom.